The van der Waals surface area contributed by atoms with Crippen molar-refractivity contribution in [1.82, 2.24) is 5.32 Å². The third-order valence-corrected chi connectivity index (χ3v) is 4.98. The normalized spacial score (nSPS) is 13.2. The highest BCUT2D eigenvalue weighted by molar-refractivity contribution is 7.10. The minimum absolute atomic E-state index is 0.440. The van der Waals surface area contributed by atoms with Crippen LogP contribution in [0.25, 0.3) is 0 Å². The van der Waals surface area contributed by atoms with Crippen LogP contribution < -0.4 is 5.32 Å². The molecule has 0 fully saturated rings. The minimum Gasteiger partial charge on any atom is -0.309 e. The molecule has 1 unspecified atom stereocenters. The molecule has 0 spiro atoms. The van der Waals surface area contributed by atoms with Gasteiger partial charge in [0.05, 0.1) is 5.02 Å². The van der Waals surface area contributed by atoms with Gasteiger partial charge < -0.3 is 5.32 Å². The zero-order chi connectivity index (χ0) is 13.5. The second kappa shape index (κ2) is 8.19. The van der Waals surface area contributed by atoms with Gasteiger partial charge in [-0.3, -0.25) is 0 Å². The molecule has 1 atom stereocenters. The molecule has 0 saturated heterocycles. The summed E-state index contributed by atoms with van der Waals surface area (Å²) in [6, 6.07) is 0.440. The monoisotopic (exact) mass is 287 g/mol. The lowest BCUT2D eigenvalue weighted by Crippen LogP contribution is -2.21. The summed E-state index contributed by atoms with van der Waals surface area (Å²) < 4.78 is 0. The zero-order valence-electron chi connectivity index (χ0n) is 12.1. The van der Waals surface area contributed by atoms with Gasteiger partial charge in [0.2, 0.25) is 0 Å². The molecule has 0 bridgehead atoms. The lowest BCUT2D eigenvalue weighted by Gasteiger charge is -2.18. The highest BCUT2D eigenvalue weighted by Crippen LogP contribution is 2.34. The van der Waals surface area contributed by atoms with Gasteiger partial charge in [-0.25, -0.2) is 0 Å². The standard InChI is InChI=1S/C15H26ClNS/c1-5-9-17-13(8-6-7-11(2)3)15-14(16)12(4)10-18-15/h10-11,13,17H,5-9H2,1-4H3. The molecule has 104 valence electrons. The predicted molar refractivity (Wildman–Crippen MR) is 83.8 cm³/mol. The molecule has 0 radical (unpaired) electrons. The van der Waals surface area contributed by atoms with E-state index in [1.54, 1.807) is 11.3 Å². The smallest absolute Gasteiger partial charge is 0.0590 e. The molecule has 1 aromatic heterocycles. The summed E-state index contributed by atoms with van der Waals surface area (Å²) in [4.78, 5) is 1.33. The van der Waals surface area contributed by atoms with Gasteiger partial charge in [0.25, 0.3) is 0 Å². The van der Waals surface area contributed by atoms with E-state index < -0.39 is 0 Å². The van der Waals surface area contributed by atoms with Crippen LogP contribution in [0.5, 0.6) is 0 Å². The Kier molecular flexibility index (Phi) is 7.28. The Morgan fingerprint density at radius 1 is 1.33 bits per heavy atom. The van der Waals surface area contributed by atoms with E-state index in [0.29, 0.717) is 6.04 Å². The number of hydrogen-bond donors (Lipinski definition) is 1. The van der Waals surface area contributed by atoms with Gasteiger partial charge in [-0.05, 0) is 43.2 Å². The molecule has 1 aromatic rings. The molecular formula is C15H26ClNS. The first-order chi connectivity index (χ1) is 8.56. The quantitative estimate of drug-likeness (QED) is 0.658. The van der Waals surface area contributed by atoms with Gasteiger partial charge in [0.1, 0.15) is 0 Å². The van der Waals surface area contributed by atoms with E-state index >= 15 is 0 Å². The molecule has 1 heterocycles. The number of hydrogen-bond acceptors (Lipinski definition) is 2. The Hall–Kier alpha value is -0.0500. The SMILES string of the molecule is CCCNC(CCCC(C)C)c1scc(C)c1Cl. The van der Waals surface area contributed by atoms with E-state index in [-0.39, 0.29) is 0 Å². The van der Waals surface area contributed by atoms with E-state index in [4.69, 9.17) is 11.6 Å². The Morgan fingerprint density at radius 2 is 2.06 bits per heavy atom. The second-order valence-corrected chi connectivity index (χ2v) is 6.72. The van der Waals surface area contributed by atoms with Gasteiger partial charge in [-0.1, -0.05) is 45.2 Å². The highest BCUT2D eigenvalue weighted by atomic mass is 35.5. The molecule has 18 heavy (non-hydrogen) atoms. The summed E-state index contributed by atoms with van der Waals surface area (Å²) in [5, 5.41) is 6.78. The maximum Gasteiger partial charge on any atom is 0.0590 e. The third-order valence-electron chi connectivity index (χ3n) is 3.16. The van der Waals surface area contributed by atoms with Crippen molar-refractivity contribution in [2.75, 3.05) is 6.54 Å². The number of thiophene rings is 1. The van der Waals surface area contributed by atoms with Gasteiger partial charge in [0, 0.05) is 10.9 Å². The molecule has 0 aromatic carbocycles. The summed E-state index contributed by atoms with van der Waals surface area (Å²) in [6.07, 6.45) is 4.93. The van der Waals surface area contributed by atoms with Crippen molar-refractivity contribution >= 4 is 22.9 Å². The lowest BCUT2D eigenvalue weighted by atomic mass is 10.0. The Morgan fingerprint density at radius 3 is 2.56 bits per heavy atom. The second-order valence-electron chi connectivity index (χ2n) is 5.43. The van der Waals surface area contributed by atoms with Crippen LogP contribution in [-0.4, -0.2) is 6.54 Å². The van der Waals surface area contributed by atoms with Crippen LogP contribution in [0.4, 0.5) is 0 Å². The fourth-order valence-corrected chi connectivity index (χ4v) is 3.50. The third kappa shape index (κ3) is 4.91. The average Bonchev–Trinajstić information content (AvgIpc) is 2.64. The number of nitrogens with one attached hydrogen (secondary N) is 1. The van der Waals surface area contributed by atoms with Crippen molar-refractivity contribution in [3.63, 3.8) is 0 Å². The van der Waals surface area contributed by atoms with Crippen LogP contribution in [0.15, 0.2) is 5.38 Å². The molecular weight excluding hydrogens is 262 g/mol. The van der Waals surface area contributed by atoms with Crippen LogP contribution in [0.2, 0.25) is 5.02 Å². The van der Waals surface area contributed by atoms with E-state index in [2.05, 4.69) is 38.4 Å². The lowest BCUT2D eigenvalue weighted by molar-refractivity contribution is 0.452. The van der Waals surface area contributed by atoms with Crippen molar-refractivity contribution in [3.05, 3.63) is 20.8 Å². The van der Waals surface area contributed by atoms with Crippen molar-refractivity contribution < 1.29 is 0 Å². The summed E-state index contributed by atoms with van der Waals surface area (Å²) in [6.45, 7) is 9.94. The van der Waals surface area contributed by atoms with Crippen LogP contribution in [0.3, 0.4) is 0 Å². The molecule has 1 N–H and O–H groups in total. The molecule has 1 rings (SSSR count). The van der Waals surface area contributed by atoms with E-state index in [1.165, 1.54) is 36.1 Å². The largest absolute Gasteiger partial charge is 0.309 e. The van der Waals surface area contributed by atoms with Gasteiger partial charge in [-0.2, -0.15) is 0 Å². The van der Waals surface area contributed by atoms with Crippen molar-refractivity contribution in [1.29, 1.82) is 0 Å². The van der Waals surface area contributed by atoms with Crippen molar-refractivity contribution in [3.8, 4) is 0 Å². The van der Waals surface area contributed by atoms with Gasteiger partial charge in [0.15, 0.2) is 0 Å². The summed E-state index contributed by atoms with van der Waals surface area (Å²) in [5.41, 5.74) is 1.21. The van der Waals surface area contributed by atoms with Gasteiger partial charge in [-0.15, -0.1) is 11.3 Å². The molecule has 0 amide bonds. The maximum atomic E-state index is 6.39. The molecule has 0 aliphatic rings. The highest BCUT2D eigenvalue weighted by Gasteiger charge is 2.17. The Labute approximate surface area is 121 Å². The summed E-state index contributed by atoms with van der Waals surface area (Å²) in [7, 11) is 0. The van der Waals surface area contributed by atoms with Crippen LogP contribution >= 0.6 is 22.9 Å². The summed E-state index contributed by atoms with van der Waals surface area (Å²) in [5.74, 6) is 0.789. The maximum absolute atomic E-state index is 6.39. The summed E-state index contributed by atoms with van der Waals surface area (Å²) >= 11 is 8.19. The number of aryl methyl sites for hydroxylation is 1. The predicted octanol–water partition coefficient (Wildman–Crippen LogP) is 5.58. The van der Waals surface area contributed by atoms with Crippen molar-refractivity contribution in [2.45, 2.75) is 59.4 Å². The van der Waals surface area contributed by atoms with E-state index in [0.717, 1.165) is 17.5 Å². The van der Waals surface area contributed by atoms with Gasteiger partial charge >= 0.3 is 0 Å². The number of halogens is 1. The topological polar surface area (TPSA) is 12.0 Å². The van der Waals surface area contributed by atoms with Crippen molar-refractivity contribution in [2.24, 2.45) is 5.92 Å². The van der Waals surface area contributed by atoms with E-state index in [9.17, 15) is 0 Å². The zero-order valence-corrected chi connectivity index (χ0v) is 13.6. The van der Waals surface area contributed by atoms with E-state index in [1.807, 2.05) is 0 Å². The Bertz CT molecular complexity index is 346. The van der Waals surface area contributed by atoms with Crippen LogP contribution in [0, 0.1) is 12.8 Å². The molecule has 3 heteroatoms. The molecule has 0 aliphatic carbocycles. The Balaban J connectivity index is 2.62. The molecule has 0 aliphatic heterocycles. The van der Waals surface area contributed by atoms with Crippen LogP contribution in [-0.2, 0) is 0 Å². The molecule has 0 saturated carbocycles. The fourth-order valence-electron chi connectivity index (χ4n) is 2.06. The van der Waals surface area contributed by atoms with Crippen LogP contribution in [0.1, 0.15) is 62.9 Å². The first-order valence-corrected chi connectivity index (χ1v) is 8.28. The number of rotatable bonds is 8. The fraction of sp³-hybridized carbons (Fsp3) is 0.733. The average molecular weight is 288 g/mol. The molecule has 1 nitrogen and oxygen atoms in total. The first kappa shape index (κ1) is 16.0. The minimum atomic E-state index is 0.440. The first-order valence-electron chi connectivity index (χ1n) is 7.03.